The number of nitrogens with two attached hydrogens (primary N) is 1. The second-order valence-electron chi connectivity index (χ2n) is 7.69. The number of nitrogens with zero attached hydrogens (tertiary/aromatic N) is 1. The summed E-state index contributed by atoms with van der Waals surface area (Å²) in [6.07, 6.45) is 10.6. The molecule has 3 unspecified atom stereocenters. The molecular weight excluding hydrogens is 262 g/mol. The predicted octanol–water partition coefficient (Wildman–Crippen LogP) is 2.03. The van der Waals surface area contributed by atoms with Crippen molar-refractivity contribution >= 4 is 5.91 Å². The van der Waals surface area contributed by atoms with E-state index in [2.05, 4.69) is 17.1 Å². The van der Waals surface area contributed by atoms with E-state index >= 15 is 0 Å². The summed E-state index contributed by atoms with van der Waals surface area (Å²) in [4.78, 5) is 14.8. The molecule has 3 fully saturated rings. The topological polar surface area (TPSA) is 58.4 Å². The van der Waals surface area contributed by atoms with Gasteiger partial charge in [-0.05, 0) is 76.8 Å². The number of nitrogens with one attached hydrogen (secondary N) is 1. The Hall–Kier alpha value is -0.610. The molecular formula is C17H31N3O. The fraction of sp³-hybridized carbons (Fsp3) is 0.941. The molecule has 21 heavy (non-hydrogen) atoms. The Morgan fingerprint density at radius 3 is 2.67 bits per heavy atom. The van der Waals surface area contributed by atoms with E-state index < -0.39 is 5.54 Å². The van der Waals surface area contributed by atoms with Crippen molar-refractivity contribution in [2.24, 2.45) is 11.7 Å². The maximum atomic E-state index is 12.1. The summed E-state index contributed by atoms with van der Waals surface area (Å²) in [5, 5.41) is 3.60. The van der Waals surface area contributed by atoms with Crippen molar-refractivity contribution in [2.75, 3.05) is 13.1 Å². The lowest BCUT2D eigenvalue weighted by atomic mass is 9.77. The Bertz CT molecular complexity index is 382. The summed E-state index contributed by atoms with van der Waals surface area (Å²) in [6, 6.07) is 1.09. The molecule has 1 amide bonds. The Morgan fingerprint density at radius 1 is 1.14 bits per heavy atom. The number of carbonyl (C=O) groups is 1. The normalized spacial score (nSPS) is 38.9. The highest BCUT2D eigenvalue weighted by Crippen LogP contribution is 2.35. The van der Waals surface area contributed by atoms with Crippen molar-refractivity contribution in [1.82, 2.24) is 10.2 Å². The summed E-state index contributed by atoms with van der Waals surface area (Å²) in [5.41, 5.74) is 5.37. The molecule has 0 aromatic rings. The largest absolute Gasteiger partial charge is 0.368 e. The van der Waals surface area contributed by atoms with Crippen LogP contribution in [0, 0.1) is 5.92 Å². The number of amides is 1. The zero-order valence-corrected chi connectivity index (χ0v) is 13.4. The van der Waals surface area contributed by atoms with E-state index in [1.165, 1.54) is 51.6 Å². The lowest BCUT2D eigenvalue weighted by Crippen LogP contribution is -2.61. The van der Waals surface area contributed by atoms with Crippen LogP contribution in [0.4, 0.5) is 0 Å². The van der Waals surface area contributed by atoms with Gasteiger partial charge in [0.15, 0.2) is 0 Å². The van der Waals surface area contributed by atoms with Crippen LogP contribution in [0.3, 0.4) is 0 Å². The van der Waals surface area contributed by atoms with Gasteiger partial charge in [-0.1, -0.05) is 6.92 Å². The van der Waals surface area contributed by atoms with Gasteiger partial charge in [-0.15, -0.1) is 0 Å². The highest BCUT2D eigenvalue weighted by atomic mass is 16.1. The van der Waals surface area contributed by atoms with Crippen LogP contribution in [0.1, 0.15) is 64.7 Å². The van der Waals surface area contributed by atoms with Gasteiger partial charge in [-0.2, -0.15) is 0 Å². The molecule has 3 N–H and O–H groups in total. The van der Waals surface area contributed by atoms with E-state index in [0.717, 1.165) is 25.2 Å². The molecule has 3 rings (SSSR count). The van der Waals surface area contributed by atoms with Crippen LogP contribution in [-0.4, -0.2) is 41.5 Å². The van der Waals surface area contributed by atoms with Crippen molar-refractivity contribution < 1.29 is 4.79 Å². The molecule has 3 atom stereocenters. The van der Waals surface area contributed by atoms with E-state index in [1.807, 2.05) is 0 Å². The molecule has 0 aromatic carbocycles. The van der Waals surface area contributed by atoms with E-state index in [9.17, 15) is 4.79 Å². The molecule has 3 aliphatic rings. The Balaban J connectivity index is 1.66. The maximum Gasteiger partial charge on any atom is 0.237 e. The lowest BCUT2D eigenvalue weighted by Gasteiger charge is -2.43. The van der Waals surface area contributed by atoms with Crippen LogP contribution < -0.4 is 11.1 Å². The quantitative estimate of drug-likeness (QED) is 0.834. The third kappa shape index (κ3) is 3.59. The zero-order chi connectivity index (χ0) is 14.9. The highest BCUT2D eigenvalue weighted by Gasteiger charge is 2.45. The Morgan fingerprint density at radius 2 is 1.95 bits per heavy atom. The fourth-order valence-electron chi connectivity index (χ4n) is 4.25. The maximum absolute atomic E-state index is 12.1. The van der Waals surface area contributed by atoms with E-state index in [0.29, 0.717) is 12.1 Å². The zero-order valence-electron chi connectivity index (χ0n) is 13.4. The standard InChI is InChI=1S/C17H31N3O/c1-13-4-3-10-20(11-8-13)15-5-2-9-17(12-15,16(18)21)19-14-6-7-14/h13-15,19H,2-12H2,1H3,(H2,18,21). The van der Waals surface area contributed by atoms with Crippen LogP contribution in [0.25, 0.3) is 0 Å². The monoisotopic (exact) mass is 293 g/mol. The SMILES string of the molecule is CC1CCCN(C2CCCC(NC3CC3)(C(N)=O)C2)CC1. The van der Waals surface area contributed by atoms with Gasteiger partial charge < -0.3 is 16.0 Å². The first kappa shape index (κ1) is 15.3. The fourth-order valence-corrected chi connectivity index (χ4v) is 4.25. The van der Waals surface area contributed by atoms with Crippen LogP contribution >= 0.6 is 0 Å². The van der Waals surface area contributed by atoms with Gasteiger partial charge in [-0.3, -0.25) is 4.79 Å². The highest BCUT2D eigenvalue weighted by molar-refractivity contribution is 5.85. The molecule has 0 spiro atoms. The molecule has 1 aliphatic heterocycles. The predicted molar refractivity (Wildman–Crippen MR) is 84.9 cm³/mol. The number of hydrogen-bond donors (Lipinski definition) is 2. The molecule has 4 heteroatoms. The van der Waals surface area contributed by atoms with Gasteiger partial charge in [0, 0.05) is 12.1 Å². The van der Waals surface area contributed by atoms with Gasteiger partial charge in [-0.25, -0.2) is 0 Å². The van der Waals surface area contributed by atoms with Crippen molar-refractivity contribution in [3.8, 4) is 0 Å². The number of carbonyl (C=O) groups excluding carboxylic acids is 1. The molecule has 1 saturated heterocycles. The smallest absolute Gasteiger partial charge is 0.237 e. The van der Waals surface area contributed by atoms with E-state index in [4.69, 9.17) is 5.73 Å². The summed E-state index contributed by atoms with van der Waals surface area (Å²) >= 11 is 0. The summed E-state index contributed by atoms with van der Waals surface area (Å²) in [5.74, 6) is 0.728. The van der Waals surface area contributed by atoms with E-state index in [-0.39, 0.29) is 5.91 Å². The average Bonchev–Trinajstić information content (AvgIpc) is 3.27. The average molecular weight is 293 g/mol. The van der Waals surface area contributed by atoms with Gasteiger partial charge in [0.25, 0.3) is 0 Å². The minimum atomic E-state index is -0.429. The number of rotatable bonds is 4. The first-order chi connectivity index (χ1) is 10.1. The minimum absolute atomic E-state index is 0.123. The van der Waals surface area contributed by atoms with Crippen molar-refractivity contribution in [2.45, 2.75) is 82.3 Å². The Kier molecular flexibility index (Phi) is 4.55. The van der Waals surface area contributed by atoms with Crippen LogP contribution in [-0.2, 0) is 4.79 Å². The second-order valence-corrected chi connectivity index (χ2v) is 7.69. The van der Waals surface area contributed by atoms with Gasteiger partial charge in [0.2, 0.25) is 5.91 Å². The van der Waals surface area contributed by atoms with Crippen molar-refractivity contribution in [1.29, 1.82) is 0 Å². The molecule has 120 valence electrons. The summed E-state index contributed by atoms with van der Waals surface area (Å²) in [6.45, 7) is 4.77. The van der Waals surface area contributed by atoms with E-state index in [1.54, 1.807) is 0 Å². The first-order valence-corrected chi connectivity index (χ1v) is 8.91. The van der Waals surface area contributed by atoms with Gasteiger partial charge >= 0.3 is 0 Å². The molecule has 4 nitrogen and oxygen atoms in total. The van der Waals surface area contributed by atoms with Crippen molar-refractivity contribution in [3.63, 3.8) is 0 Å². The third-order valence-corrected chi connectivity index (χ3v) is 5.82. The summed E-state index contributed by atoms with van der Waals surface area (Å²) in [7, 11) is 0. The number of likely N-dealkylation sites (tertiary alicyclic amines) is 1. The molecule has 0 aromatic heterocycles. The van der Waals surface area contributed by atoms with Crippen LogP contribution in [0.5, 0.6) is 0 Å². The van der Waals surface area contributed by atoms with Gasteiger partial charge in [0.05, 0.1) is 5.54 Å². The molecule has 0 bridgehead atoms. The molecule has 2 saturated carbocycles. The first-order valence-electron chi connectivity index (χ1n) is 8.91. The third-order valence-electron chi connectivity index (χ3n) is 5.82. The lowest BCUT2D eigenvalue weighted by molar-refractivity contribution is -0.126. The number of primary amides is 1. The number of hydrogen-bond acceptors (Lipinski definition) is 3. The summed E-state index contributed by atoms with van der Waals surface area (Å²) < 4.78 is 0. The van der Waals surface area contributed by atoms with Crippen LogP contribution in [0.2, 0.25) is 0 Å². The minimum Gasteiger partial charge on any atom is -0.368 e. The van der Waals surface area contributed by atoms with Crippen LogP contribution in [0.15, 0.2) is 0 Å². The van der Waals surface area contributed by atoms with Crippen molar-refractivity contribution in [3.05, 3.63) is 0 Å². The molecule has 0 radical (unpaired) electrons. The van der Waals surface area contributed by atoms with Gasteiger partial charge in [0.1, 0.15) is 0 Å². The molecule has 1 heterocycles. The second kappa shape index (κ2) is 6.25. The molecule has 2 aliphatic carbocycles. The Labute approximate surface area is 128 Å².